The zero-order valence-corrected chi connectivity index (χ0v) is 17.2. The van der Waals surface area contributed by atoms with Crippen LogP contribution in [0.5, 0.6) is 0 Å². The number of morpholine rings is 1. The molecule has 0 unspecified atom stereocenters. The highest BCUT2D eigenvalue weighted by Gasteiger charge is 2.29. The predicted molar refractivity (Wildman–Crippen MR) is 102 cm³/mol. The number of ether oxygens (including phenoxy) is 1. The van der Waals surface area contributed by atoms with Gasteiger partial charge in [-0.05, 0) is 43.8 Å². The zero-order chi connectivity index (χ0) is 19.5. The van der Waals surface area contributed by atoms with Gasteiger partial charge in [0.15, 0.2) is 0 Å². The first-order chi connectivity index (χ1) is 12.9. The van der Waals surface area contributed by atoms with Gasteiger partial charge in [-0.1, -0.05) is 6.92 Å². The first-order valence-corrected chi connectivity index (χ1v) is 12.1. The summed E-state index contributed by atoms with van der Waals surface area (Å²) in [4.78, 5) is 2.47. The van der Waals surface area contributed by atoms with Crippen LogP contribution in [0.15, 0.2) is 34.1 Å². The average molecular weight is 418 g/mol. The van der Waals surface area contributed by atoms with Crippen LogP contribution in [0.25, 0.3) is 0 Å². The lowest BCUT2D eigenvalue weighted by Crippen LogP contribution is -2.40. The molecule has 0 aromatic heterocycles. The molecule has 2 saturated heterocycles. The van der Waals surface area contributed by atoms with Crippen molar-refractivity contribution in [2.75, 3.05) is 59.0 Å². The number of rotatable bonds is 5. The molecule has 1 aromatic carbocycles. The second-order valence-electron chi connectivity index (χ2n) is 6.68. The standard InChI is InChI=1S/C17H27N3O5S2/c1-2-18-8-3-9-19(11-10-18)26(21,22)16-4-6-17(7-5-16)27(23,24)20-12-14-25-15-13-20/h4-7H,2-3,8-15H2,1H3. The molecule has 8 nitrogen and oxygen atoms in total. The van der Waals surface area contributed by atoms with Crippen LogP contribution >= 0.6 is 0 Å². The van der Waals surface area contributed by atoms with Crippen LogP contribution in [-0.4, -0.2) is 89.4 Å². The smallest absolute Gasteiger partial charge is 0.243 e. The number of hydrogen-bond donors (Lipinski definition) is 0. The maximum atomic E-state index is 12.9. The monoisotopic (exact) mass is 417 g/mol. The molecule has 0 atom stereocenters. The van der Waals surface area contributed by atoms with E-state index in [-0.39, 0.29) is 9.79 Å². The number of sulfonamides is 2. The van der Waals surface area contributed by atoms with E-state index in [0.29, 0.717) is 45.9 Å². The molecule has 3 rings (SSSR count). The fraction of sp³-hybridized carbons (Fsp3) is 0.647. The first kappa shape index (κ1) is 20.7. The summed E-state index contributed by atoms with van der Waals surface area (Å²) in [5, 5.41) is 0. The van der Waals surface area contributed by atoms with Gasteiger partial charge >= 0.3 is 0 Å². The van der Waals surface area contributed by atoms with Crippen LogP contribution in [0.3, 0.4) is 0 Å². The predicted octanol–water partition coefficient (Wildman–Crippen LogP) is 0.424. The largest absolute Gasteiger partial charge is 0.379 e. The molecule has 2 aliphatic rings. The summed E-state index contributed by atoms with van der Waals surface area (Å²) in [5.41, 5.74) is 0. The van der Waals surface area contributed by atoms with Gasteiger partial charge in [-0.25, -0.2) is 16.8 Å². The van der Waals surface area contributed by atoms with Crippen molar-refractivity contribution in [3.63, 3.8) is 0 Å². The Morgan fingerprint density at radius 1 is 0.778 bits per heavy atom. The van der Waals surface area contributed by atoms with E-state index in [0.717, 1.165) is 19.5 Å². The van der Waals surface area contributed by atoms with Crippen LogP contribution in [0, 0.1) is 0 Å². The minimum atomic E-state index is -3.63. The number of likely N-dealkylation sites (N-methyl/N-ethyl adjacent to an activating group) is 1. The summed E-state index contributed by atoms with van der Waals surface area (Å²) < 4.78 is 59.3. The molecule has 0 spiro atoms. The van der Waals surface area contributed by atoms with Crippen molar-refractivity contribution in [2.45, 2.75) is 23.1 Å². The molecule has 2 heterocycles. The van der Waals surface area contributed by atoms with Crippen molar-refractivity contribution in [3.8, 4) is 0 Å². The lowest BCUT2D eigenvalue weighted by atomic mass is 10.4. The summed E-state index contributed by atoms with van der Waals surface area (Å²) >= 11 is 0. The van der Waals surface area contributed by atoms with Gasteiger partial charge in [0, 0.05) is 32.7 Å². The Morgan fingerprint density at radius 2 is 1.30 bits per heavy atom. The number of nitrogens with zero attached hydrogens (tertiary/aromatic N) is 3. The Labute approximate surface area is 161 Å². The quantitative estimate of drug-likeness (QED) is 0.690. The van der Waals surface area contributed by atoms with E-state index in [1.165, 1.54) is 32.9 Å². The van der Waals surface area contributed by atoms with E-state index in [1.54, 1.807) is 0 Å². The Morgan fingerprint density at radius 3 is 1.81 bits per heavy atom. The van der Waals surface area contributed by atoms with Crippen molar-refractivity contribution in [1.29, 1.82) is 0 Å². The van der Waals surface area contributed by atoms with Gasteiger partial charge in [-0.2, -0.15) is 8.61 Å². The lowest BCUT2D eigenvalue weighted by Gasteiger charge is -2.26. The normalized spacial score (nSPS) is 21.8. The van der Waals surface area contributed by atoms with Crippen LogP contribution in [0.1, 0.15) is 13.3 Å². The third kappa shape index (κ3) is 4.52. The molecule has 0 bridgehead atoms. The van der Waals surface area contributed by atoms with Crippen LogP contribution < -0.4 is 0 Å². The van der Waals surface area contributed by atoms with E-state index in [1.807, 2.05) is 0 Å². The molecule has 0 N–H and O–H groups in total. The maximum absolute atomic E-state index is 12.9. The molecule has 10 heteroatoms. The van der Waals surface area contributed by atoms with Crippen molar-refractivity contribution in [3.05, 3.63) is 24.3 Å². The van der Waals surface area contributed by atoms with Gasteiger partial charge in [-0.15, -0.1) is 0 Å². The summed E-state index contributed by atoms with van der Waals surface area (Å²) in [7, 11) is -7.25. The van der Waals surface area contributed by atoms with Crippen LogP contribution in [-0.2, 0) is 24.8 Å². The highest BCUT2D eigenvalue weighted by Crippen LogP contribution is 2.22. The number of hydrogen-bond acceptors (Lipinski definition) is 6. The van der Waals surface area contributed by atoms with E-state index in [2.05, 4.69) is 11.8 Å². The summed E-state index contributed by atoms with van der Waals surface area (Å²) in [6, 6.07) is 5.55. The van der Waals surface area contributed by atoms with Gasteiger partial charge in [0.2, 0.25) is 20.0 Å². The Balaban J connectivity index is 1.77. The fourth-order valence-corrected chi connectivity index (χ4v) is 6.25. The Kier molecular flexibility index (Phi) is 6.54. The van der Waals surface area contributed by atoms with Crippen molar-refractivity contribution in [1.82, 2.24) is 13.5 Å². The SMILES string of the molecule is CCN1CCCN(S(=O)(=O)c2ccc(S(=O)(=O)N3CCOCC3)cc2)CC1. The fourth-order valence-electron chi connectivity index (χ4n) is 3.37. The highest BCUT2D eigenvalue weighted by atomic mass is 32.2. The molecule has 2 aliphatic heterocycles. The molecule has 0 saturated carbocycles. The minimum Gasteiger partial charge on any atom is -0.379 e. The second-order valence-corrected chi connectivity index (χ2v) is 10.6. The van der Waals surface area contributed by atoms with E-state index >= 15 is 0 Å². The van der Waals surface area contributed by atoms with Gasteiger partial charge in [-0.3, -0.25) is 0 Å². The Bertz CT molecular complexity index is 834. The summed E-state index contributed by atoms with van der Waals surface area (Å²) in [6.07, 6.45) is 0.788. The first-order valence-electron chi connectivity index (χ1n) is 9.26. The van der Waals surface area contributed by atoms with Gasteiger partial charge in [0.05, 0.1) is 23.0 Å². The third-order valence-electron chi connectivity index (χ3n) is 5.06. The third-order valence-corrected chi connectivity index (χ3v) is 8.89. The van der Waals surface area contributed by atoms with Gasteiger partial charge in [0.25, 0.3) is 0 Å². The van der Waals surface area contributed by atoms with Crippen molar-refractivity contribution >= 4 is 20.0 Å². The molecule has 0 radical (unpaired) electrons. The minimum absolute atomic E-state index is 0.108. The highest BCUT2D eigenvalue weighted by molar-refractivity contribution is 7.89. The van der Waals surface area contributed by atoms with Gasteiger partial charge < -0.3 is 9.64 Å². The zero-order valence-electron chi connectivity index (χ0n) is 15.6. The average Bonchev–Trinajstić information content (AvgIpc) is 2.95. The summed E-state index contributed by atoms with van der Waals surface area (Å²) in [5.74, 6) is 0. The van der Waals surface area contributed by atoms with Crippen LogP contribution in [0.2, 0.25) is 0 Å². The summed E-state index contributed by atoms with van der Waals surface area (Å²) in [6.45, 7) is 6.86. The molecular formula is C17H27N3O5S2. The molecule has 1 aromatic rings. The molecule has 152 valence electrons. The van der Waals surface area contributed by atoms with E-state index in [4.69, 9.17) is 4.74 Å². The van der Waals surface area contributed by atoms with Gasteiger partial charge in [0.1, 0.15) is 0 Å². The molecule has 0 amide bonds. The molecule has 0 aliphatic carbocycles. The van der Waals surface area contributed by atoms with E-state index in [9.17, 15) is 16.8 Å². The maximum Gasteiger partial charge on any atom is 0.243 e. The lowest BCUT2D eigenvalue weighted by molar-refractivity contribution is 0.0730. The molecule has 2 fully saturated rings. The number of benzene rings is 1. The Hall–Kier alpha value is -1.04. The molecular weight excluding hydrogens is 390 g/mol. The molecule has 27 heavy (non-hydrogen) atoms. The second kappa shape index (κ2) is 8.54. The van der Waals surface area contributed by atoms with Crippen molar-refractivity contribution < 1.29 is 21.6 Å². The van der Waals surface area contributed by atoms with Crippen molar-refractivity contribution in [2.24, 2.45) is 0 Å². The van der Waals surface area contributed by atoms with Crippen LogP contribution in [0.4, 0.5) is 0 Å². The van der Waals surface area contributed by atoms with E-state index < -0.39 is 20.0 Å². The topological polar surface area (TPSA) is 87.2 Å².